The molecule has 24 heavy (non-hydrogen) atoms. The molecule has 0 radical (unpaired) electrons. The van der Waals surface area contributed by atoms with E-state index in [0.717, 1.165) is 0 Å². The quantitative estimate of drug-likeness (QED) is 0.609. The van der Waals surface area contributed by atoms with Crippen LogP contribution in [0.15, 0.2) is 29.2 Å². The zero-order valence-electron chi connectivity index (χ0n) is 13.4. The number of methoxy groups -OCH3 is 1. The zero-order chi connectivity index (χ0) is 18.5. The predicted molar refractivity (Wildman–Crippen MR) is 87.3 cm³/mol. The van der Waals surface area contributed by atoms with E-state index in [4.69, 9.17) is 16.3 Å². The van der Waals surface area contributed by atoms with Gasteiger partial charge in [0.25, 0.3) is 0 Å². The maximum absolute atomic E-state index is 12.2. The van der Waals surface area contributed by atoms with Crippen molar-refractivity contribution < 1.29 is 27.9 Å². The highest BCUT2D eigenvalue weighted by atomic mass is 35.5. The van der Waals surface area contributed by atoms with Crippen molar-refractivity contribution in [2.45, 2.75) is 30.3 Å². The van der Waals surface area contributed by atoms with Crippen LogP contribution in [0.25, 0.3) is 0 Å². The van der Waals surface area contributed by atoms with Gasteiger partial charge >= 0.3 is 5.97 Å². The summed E-state index contributed by atoms with van der Waals surface area (Å²) in [6.45, 7) is 2.29. The maximum Gasteiger partial charge on any atom is 0.331 e. The van der Waals surface area contributed by atoms with Crippen molar-refractivity contribution in [2.75, 3.05) is 13.7 Å². The Morgan fingerprint density at radius 2 is 1.88 bits per heavy atom. The third-order valence-corrected chi connectivity index (χ3v) is 4.96. The summed E-state index contributed by atoms with van der Waals surface area (Å²) in [7, 11) is -2.67. The lowest BCUT2D eigenvalue weighted by Crippen LogP contribution is -2.59. The minimum absolute atomic E-state index is 0.0653. The molecule has 2 atom stereocenters. The molecule has 2 unspecified atom stereocenters. The topological polar surface area (TPSA) is 122 Å². The second-order valence-corrected chi connectivity index (χ2v) is 7.51. The molecule has 1 rings (SSSR count). The highest BCUT2D eigenvalue weighted by molar-refractivity contribution is 7.89. The van der Waals surface area contributed by atoms with E-state index in [-0.39, 0.29) is 11.5 Å². The Balaban J connectivity index is 2.86. The molecule has 0 saturated carbocycles. The SMILES string of the molecule is COCC(C)(NC(=O)C(C)NS(=O)(=O)c1ccc(Cl)cc1)C(=O)O. The number of nitrogens with one attached hydrogen (secondary N) is 2. The number of halogens is 1. The number of hydrogen-bond donors (Lipinski definition) is 3. The lowest BCUT2D eigenvalue weighted by atomic mass is 10.0. The van der Waals surface area contributed by atoms with E-state index in [2.05, 4.69) is 10.0 Å². The minimum Gasteiger partial charge on any atom is -0.479 e. The molecule has 1 aromatic carbocycles. The summed E-state index contributed by atoms with van der Waals surface area (Å²) >= 11 is 5.70. The Hall–Kier alpha value is -1.68. The van der Waals surface area contributed by atoms with Crippen molar-refractivity contribution in [3.05, 3.63) is 29.3 Å². The summed E-state index contributed by atoms with van der Waals surface area (Å²) in [4.78, 5) is 23.3. The number of carboxylic acids is 1. The first-order valence-electron chi connectivity index (χ1n) is 6.84. The fourth-order valence-electron chi connectivity index (χ4n) is 1.79. The van der Waals surface area contributed by atoms with Crippen LogP contribution in [0.1, 0.15) is 13.8 Å². The van der Waals surface area contributed by atoms with Gasteiger partial charge in [-0.15, -0.1) is 0 Å². The first-order chi connectivity index (χ1) is 11.0. The molecule has 0 saturated heterocycles. The summed E-state index contributed by atoms with van der Waals surface area (Å²) < 4.78 is 31.4. The number of amides is 1. The van der Waals surface area contributed by atoms with E-state index in [0.29, 0.717) is 5.02 Å². The van der Waals surface area contributed by atoms with Crippen LogP contribution >= 0.6 is 11.6 Å². The average Bonchev–Trinajstić information content (AvgIpc) is 2.47. The second kappa shape index (κ2) is 7.93. The van der Waals surface area contributed by atoms with E-state index in [1.54, 1.807) is 0 Å². The maximum atomic E-state index is 12.2. The van der Waals surface area contributed by atoms with Gasteiger partial charge in [-0.2, -0.15) is 4.72 Å². The molecule has 3 N–H and O–H groups in total. The number of sulfonamides is 1. The Morgan fingerprint density at radius 3 is 2.33 bits per heavy atom. The number of carbonyl (C=O) groups excluding carboxylic acids is 1. The fourth-order valence-corrected chi connectivity index (χ4v) is 3.12. The Morgan fingerprint density at radius 1 is 1.33 bits per heavy atom. The molecule has 0 aromatic heterocycles. The molecule has 0 fully saturated rings. The van der Waals surface area contributed by atoms with Crippen molar-refractivity contribution in [3.63, 3.8) is 0 Å². The van der Waals surface area contributed by atoms with Gasteiger partial charge in [0.2, 0.25) is 15.9 Å². The molecule has 1 aromatic rings. The van der Waals surface area contributed by atoms with Crippen LogP contribution in [-0.2, 0) is 24.3 Å². The number of ether oxygens (including phenoxy) is 1. The van der Waals surface area contributed by atoms with Gasteiger partial charge in [0.1, 0.15) is 0 Å². The molecule has 0 heterocycles. The summed E-state index contributed by atoms with van der Waals surface area (Å²) in [6, 6.07) is 4.20. The highest BCUT2D eigenvalue weighted by Gasteiger charge is 2.36. The van der Waals surface area contributed by atoms with E-state index in [1.807, 2.05) is 0 Å². The lowest BCUT2D eigenvalue weighted by molar-refractivity contribution is -0.149. The van der Waals surface area contributed by atoms with Gasteiger partial charge in [-0.1, -0.05) is 11.6 Å². The smallest absolute Gasteiger partial charge is 0.331 e. The lowest BCUT2D eigenvalue weighted by Gasteiger charge is -2.27. The van der Waals surface area contributed by atoms with E-state index >= 15 is 0 Å². The largest absolute Gasteiger partial charge is 0.479 e. The van der Waals surface area contributed by atoms with Crippen molar-refractivity contribution in [2.24, 2.45) is 0 Å². The Labute approximate surface area is 145 Å². The molecule has 0 bridgehead atoms. The first-order valence-corrected chi connectivity index (χ1v) is 8.70. The summed E-state index contributed by atoms with van der Waals surface area (Å²) in [5.74, 6) is -2.10. The number of hydrogen-bond acceptors (Lipinski definition) is 5. The third kappa shape index (κ3) is 5.17. The van der Waals surface area contributed by atoms with Crippen LogP contribution in [0.5, 0.6) is 0 Å². The van der Waals surface area contributed by atoms with Gasteiger partial charge in [-0.25, -0.2) is 13.2 Å². The van der Waals surface area contributed by atoms with Crippen molar-refractivity contribution >= 4 is 33.5 Å². The molecule has 1 amide bonds. The van der Waals surface area contributed by atoms with Gasteiger partial charge in [0.05, 0.1) is 17.5 Å². The number of carboxylic acid groups (broad SMARTS) is 1. The van der Waals surface area contributed by atoms with Gasteiger partial charge in [-0.3, -0.25) is 4.79 Å². The molecule has 8 nitrogen and oxygen atoms in total. The van der Waals surface area contributed by atoms with Crippen molar-refractivity contribution in [3.8, 4) is 0 Å². The van der Waals surface area contributed by atoms with Crippen LogP contribution in [0, 0.1) is 0 Å². The van der Waals surface area contributed by atoms with E-state index in [9.17, 15) is 23.1 Å². The molecule has 0 aliphatic carbocycles. The minimum atomic E-state index is -3.96. The normalized spacial score (nSPS) is 15.3. The van der Waals surface area contributed by atoms with Gasteiger partial charge < -0.3 is 15.2 Å². The van der Waals surface area contributed by atoms with Gasteiger partial charge in [0.15, 0.2) is 5.54 Å². The number of benzene rings is 1. The first kappa shape index (κ1) is 20.4. The monoisotopic (exact) mass is 378 g/mol. The fraction of sp³-hybridized carbons (Fsp3) is 0.429. The number of carbonyl (C=O) groups is 2. The van der Waals surface area contributed by atoms with Crippen LogP contribution < -0.4 is 10.0 Å². The molecular weight excluding hydrogens is 360 g/mol. The molecule has 10 heteroatoms. The molecule has 0 aliphatic rings. The van der Waals surface area contributed by atoms with Crippen LogP contribution in [0.3, 0.4) is 0 Å². The van der Waals surface area contributed by atoms with Crippen LogP contribution in [-0.4, -0.2) is 50.7 Å². The van der Waals surface area contributed by atoms with E-state index < -0.39 is 33.5 Å². The summed E-state index contributed by atoms with van der Waals surface area (Å²) in [5.41, 5.74) is -1.67. The summed E-state index contributed by atoms with van der Waals surface area (Å²) in [5, 5.41) is 11.8. The number of aliphatic carboxylic acids is 1. The Kier molecular flexibility index (Phi) is 6.73. The molecule has 0 spiro atoms. The molecule has 134 valence electrons. The Bertz CT molecular complexity index is 706. The highest BCUT2D eigenvalue weighted by Crippen LogP contribution is 2.14. The van der Waals surface area contributed by atoms with Crippen LogP contribution in [0.2, 0.25) is 5.02 Å². The standard InChI is InChI=1S/C14H19ClN2O6S/c1-9(12(18)16-14(2,8-23-3)13(19)20)17-24(21,22)11-6-4-10(15)5-7-11/h4-7,9,17H,8H2,1-3H3,(H,16,18)(H,19,20). The van der Waals surface area contributed by atoms with Gasteiger partial charge in [0, 0.05) is 12.1 Å². The van der Waals surface area contributed by atoms with Gasteiger partial charge in [-0.05, 0) is 38.1 Å². The zero-order valence-corrected chi connectivity index (χ0v) is 14.9. The van der Waals surface area contributed by atoms with Crippen molar-refractivity contribution in [1.82, 2.24) is 10.0 Å². The second-order valence-electron chi connectivity index (χ2n) is 5.36. The third-order valence-electron chi connectivity index (χ3n) is 3.15. The van der Waals surface area contributed by atoms with E-state index in [1.165, 1.54) is 45.2 Å². The summed E-state index contributed by atoms with van der Waals surface area (Å²) in [6.07, 6.45) is 0. The average molecular weight is 379 g/mol. The number of rotatable bonds is 8. The van der Waals surface area contributed by atoms with Crippen LogP contribution in [0.4, 0.5) is 0 Å². The van der Waals surface area contributed by atoms with Crippen molar-refractivity contribution in [1.29, 1.82) is 0 Å². The molecular formula is C14H19ClN2O6S. The molecule has 0 aliphatic heterocycles. The predicted octanol–water partition coefficient (Wildman–Crippen LogP) is 0.613.